The van der Waals surface area contributed by atoms with Crippen LogP contribution in [0.25, 0.3) is 0 Å². The number of rotatable bonds is 8. The van der Waals surface area contributed by atoms with Gasteiger partial charge < -0.3 is 18.9 Å². The minimum atomic E-state index is -4.61. The predicted octanol–water partition coefficient (Wildman–Crippen LogP) is 5.68. The molecule has 168 valence electrons. The van der Waals surface area contributed by atoms with Crippen LogP contribution in [0.5, 0.6) is 17.2 Å². The molecule has 0 heterocycles. The molecule has 0 aliphatic heterocycles. The highest BCUT2D eigenvalue weighted by Gasteiger charge is 2.32. The molecular formula is C20H17Cl2F3O6. The van der Waals surface area contributed by atoms with E-state index in [-0.39, 0.29) is 33.9 Å². The van der Waals surface area contributed by atoms with Crippen molar-refractivity contribution in [1.82, 2.24) is 0 Å². The number of carbonyl (C=O) groups is 2. The van der Waals surface area contributed by atoms with Crippen LogP contribution in [0.3, 0.4) is 0 Å². The highest BCUT2D eigenvalue weighted by Crippen LogP contribution is 2.42. The molecule has 2 aromatic rings. The number of esters is 2. The predicted molar refractivity (Wildman–Crippen MR) is 106 cm³/mol. The van der Waals surface area contributed by atoms with E-state index in [1.165, 1.54) is 31.2 Å². The van der Waals surface area contributed by atoms with E-state index in [0.717, 1.165) is 0 Å². The molecule has 0 radical (unpaired) electrons. The second-order valence-corrected chi connectivity index (χ2v) is 6.83. The summed E-state index contributed by atoms with van der Waals surface area (Å²) in [6.07, 6.45) is -5.68. The maximum absolute atomic E-state index is 12.8. The minimum absolute atomic E-state index is 0.146. The number of hydrogen-bond acceptors (Lipinski definition) is 6. The summed E-state index contributed by atoms with van der Waals surface area (Å²) in [6, 6.07) is 7.29. The monoisotopic (exact) mass is 480 g/mol. The van der Waals surface area contributed by atoms with Crippen LogP contribution >= 0.6 is 23.2 Å². The molecule has 0 spiro atoms. The van der Waals surface area contributed by atoms with Gasteiger partial charge in [-0.25, -0.2) is 9.59 Å². The molecule has 31 heavy (non-hydrogen) atoms. The maximum atomic E-state index is 12.8. The number of benzene rings is 2. The molecule has 0 bridgehead atoms. The van der Waals surface area contributed by atoms with Gasteiger partial charge in [-0.1, -0.05) is 29.3 Å². The van der Waals surface area contributed by atoms with E-state index in [9.17, 15) is 22.8 Å². The van der Waals surface area contributed by atoms with Crippen LogP contribution in [0.2, 0.25) is 10.0 Å². The second kappa shape index (κ2) is 10.6. The second-order valence-electron chi connectivity index (χ2n) is 6.02. The van der Waals surface area contributed by atoms with Crippen LogP contribution in [0.4, 0.5) is 13.2 Å². The smallest absolute Gasteiger partial charge is 0.416 e. The molecular weight excluding hydrogens is 464 g/mol. The Hall–Kier alpha value is -2.65. The fourth-order valence-electron chi connectivity index (χ4n) is 2.25. The average Bonchev–Trinajstić information content (AvgIpc) is 2.68. The summed E-state index contributed by atoms with van der Waals surface area (Å²) in [5, 5.41) is -0.663. The van der Waals surface area contributed by atoms with Gasteiger partial charge in [-0.05, 0) is 38.1 Å². The van der Waals surface area contributed by atoms with Gasteiger partial charge in [0.25, 0.3) is 0 Å². The van der Waals surface area contributed by atoms with Gasteiger partial charge in [-0.15, -0.1) is 0 Å². The van der Waals surface area contributed by atoms with Crippen molar-refractivity contribution in [3.8, 4) is 17.2 Å². The molecule has 6 nitrogen and oxygen atoms in total. The minimum Gasteiger partial charge on any atom is -0.479 e. The van der Waals surface area contributed by atoms with Gasteiger partial charge in [0, 0.05) is 6.07 Å². The Morgan fingerprint density at radius 1 is 1.03 bits per heavy atom. The summed E-state index contributed by atoms with van der Waals surface area (Å²) in [5.74, 6) is -1.32. The van der Waals surface area contributed by atoms with Crippen LogP contribution in [-0.2, 0) is 25.2 Å². The fourth-order valence-corrected chi connectivity index (χ4v) is 2.82. The van der Waals surface area contributed by atoms with Gasteiger partial charge in [0.1, 0.15) is 11.5 Å². The lowest BCUT2D eigenvalue weighted by atomic mass is 10.2. The molecule has 0 aliphatic rings. The quantitative estimate of drug-likeness (QED) is 0.452. The summed E-state index contributed by atoms with van der Waals surface area (Å²) in [7, 11) is 0. The van der Waals surface area contributed by atoms with Crippen molar-refractivity contribution < 1.29 is 41.7 Å². The molecule has 0 aromatic heterocycles. The van der Waals surface area contributed by atoms with Crippen molar-refractivity contribution in [3.63, 3.8) is 0 Å². The zero-order valence-electron chi connectivity index (χ0n) is 16.3. The van der Waals surface area contributed by atoms with Crippen molar-refractivity contribution in [1.29, 1.82) is 0 Å². The summed E-state index contributed by atoms with van der Waals surface area (Å²) in [5.41, 5.74) is -1.01. The number of halogens is 5. The first-order valence-electron chi connectivity index (χ1n) is 8.84. The van der Waals surface area contributed by atoms with E-state index >= 15 is 0 Å². The lowest BCUT2D eigenvalue weighted by Crippen LogP contribution is -2.28. The highest BCUT2D eigenvalue weighted by molar-refractivity contribution is 6.37. The first-order valence-corrected chi connectivity index (χ1v) is 9.60. The Bertz CT molecular complexity index is 926. The molecule has 2 rings (SSSR count). The third-order valence-corrected chi connectivity index (χ3v) is 4.19. The molecule has 0 saturated carbocycles. The van der Waals surface area contributed by atoms with Crippen LogP contribution < -0.4 is 9.47 Å². The highest BCUT2D eigenvalue weighted by atomic mass is 35.5. The van der Waals surface area contributed by atoms with E-state index in [1.54, 1.807) is 6.92 Å². The van der Waals surface area contributed by atoms with Crippen molar-refractivity contribution in [2.45, 2.75) is 26.1 Å². The Kier molecular flexibility index (Phi) is 8.41. The maximum Gasteiger partial charge on any atom is 0.416 e. The zero-order chi connectivity index (χ0) is 23.2. The third kappa shape index (κ3) is 7.22. The van der Waals surface area contributed by atoms with Crippen LogP contribution in [0.15, 0.2) is 36.4 Å². The van der Waals surface area contributed by atoms with Crippen molar-refractivity contribution in [3.05, 3.63) is 52.0 Å². The summed E-state index contributed by atoms with van der Waals surface area (Å²) in [4.78, 5) is 23.2. The first kappa shape index (κ1) is 24.6. The van der Waals surface area contributed by atoms with Crippen molar-refractivity contribution >= 4 is 35.1 Å². The summed E-state index contributed by atoms with van der Waals surface area (Å²) in [6.45, 7) is 2.63. The van der Waals surface area contributed by atoms with E-state index in [1.807, 2.05) is 0 Å². The van der Waals surface area contributed by atoms with E-state index < -0.39 is 36.4 Å². The van der Waals surface area contributed by atoms with Gasteiger partial charge in [0.2, 0.25) is 0 Å². The molecule has 0 aliphatic carbocycles. The largest absolute Gasteiger partial charge is 0.479 e. The van der Waals surface area contributed by atoms with Crippen LogP contribution in [0, 0.1) is 0 Å². The SMILES string of the molecule is CCOC(=O)COC(=O)C(C)Oc1cccc(Oc2c(Cl)cc(C(F)(F)F)cc2Cl)c1. The number of carbonyl (C=O) groups excluding carboxylic acids is 2. The Labute approximate surface area is 185 Å². The third-order valence-electron chi connectivity index (χ3n) is 3.63. The van der Waals surface area contributed by atoms with Crippen LogP contribution in [-0.4, -0.2) is 31.3 Å². The standard InChI is InChI=1S/C20H17Cl2F3O6/c1-3-28-17(26)10-29-19(27)11(2)30-13-5-4-6-14(9-13)31-18-15(21)7-12(8-16(18)22)20(23,24)25/h4-9,11H,3,10H2,1-2H3. The fraction of sp³-hybridized carbons (Fsp3) is 0.300. The molecule has 2 aromatic carbocycles. The van der Waals surface area contributed by atoms with Crippen LogP contribution in [0.1, 0.15) is 19.4 Å². The Morgan fingerprint density at radius 3 is 2.23 bits per heavy atom. The lowest BCUT2D eigenvalue weighted by Gasteiger charge is -2.16. The Balaban J connectivity index is 2.07. The topological polar surface area (TPSA) is 71.1 Å². The summed E-state index contributed by atoms with van der Waals surface area (Å²) < 4.78 is 58.9. The molecule has 0 fully saturated rings. The molecule has 0 amide bonds. The molecule has 0 saturated heterocycles. The normalized spacial score (nSPS) is 12.1. The Morgan fingerprint density at radius 2 is 1.65 bits per heavy atom. The number of alkyl halides is 3. The van der Waals surface area contributed by atoms with Gasteiger partial charge >= 0.3 is 18.1 Å². The molecule has 0 N–H and O–H groups in total. The van der Waals surface area contributed by atoms with Crippen molar-refractivity contribution in [2.24, 2.45) is 0 Å². The van der Waals surface area contributed by atoms with Crippen molar-refractivity contribution in [2.75, 3.05) is 13.2 Å². The van der Waals surface area contributed by atoms with Gasteiger partial charge in [-0.3, -0.25) is 0 Å². The van der Waals surface area contributed by atoms with E-state index in [4.69, 9.17) is 37.4 Å². The van der Waals surface area contributed by atoms with E-state index in [2.05, 4.69) is 4.74 Å². The number of ether oxygens (including phenoxy) is 4. The van der Waals surface area contributed by atoms with Gasteiger partial charge in [0.15, 0.2) is 18.5 Å². The van der Waals surface area contributed by atoms with E-state index in [0.29, 0.717) is 12.1 Å². The molecule has 1 unspecified atom stereocenters. The van der Waals surface area contributed by atoms with Gasteiger partial charge in [0.05, 0.1) is 22.2 Å². The first-order chi connectivity index (χ1) is 14.5. The number of hydrogen-bond donors (Lipinski definition) is 0. The summed E-state index contributed by atoms with van der Waals surface area (Å²) >= 11 is 11.8. The van der Waals surface area contributed by atoms with Gasteiger partial charge in [-0.2, -0.15) is 13.2 Å². The molecule has 1 atom stereocenters. The lowest BCUT2D eigenvalue weighted by molar-refractivity contribution is -0.162. The average molecular weight is 481 g/mol. The zero-order valence-corrected chi connectivity index (χ0v) is 17.8. The molecule has 11 heteroatoms.